The number of benzene rings is 2. The van der Waals surface area contributed by atoms with Crippen LogP contribution in [0.15, 0.2) is 41.3 Å². The molecule has 0 saturated heterocycles. The van der Waals surface area contributed by atoms with Crippen LogP contribution in [-0.4, -0.2) is 32.2 Å². The SMILES string of the molecule is Cc1cccc(C)c1NC(=O)CN(C)S(=O)(=O)c1c(Cl)cccc1Cl. The van der Waals surface area contributed by atoms with E-state index < -0.39 is 15.9 Å². The fourth-order valence-electron chi connectivity index (χ4n) is 2.36. The van der Waals surface area contributed by atoms with E-state index in [1.165, 1.54) is 19.2 Å². The fourth-order valence-corrected chi connectivity index (χ4v) is 4.57. The highest BCUT2D eigenvalue weighted by Gasteiger charge is 2.28. The van der Waals surface area contributed by atoms with E-state index >= 15 is 0 Å². The number of hydrogen-bond acceptors (Lipinski definition) is 3. The van der Waals surface area contributed by atoms with Crippen molar-refractivity contribution in [2.45, 2.75) is 18.7 Å². The van der Waals surface area contributed by atoms with Gasteiger partial charge in [-0.1, -0.05) is 47.5 Å². The Labute approximate surface area is 157 Å². The zero-order valence-corrected chi connectivity index (χ0v) is 16.3. The fraction of sp³-hybridized carbons (Fsp3) is 0.235. The molecule has 2 aromatic carbocycles. The third kappa shape index (κ3) is 4.33. The monoisotopic (exact) mass is 400 g/mol. The molecule has 0 heterocycles. The molecule has 0 aromatic heterocycles. The molecule has 8 heteroatoms. The van der Waals surface area contributed by atoms with Gasteiger partial charge in [-0.05, 0) is 37.1 Å². The number of halogens is 2. The van der Waals surface area contributed by atoms with E-state index in [9.17, 15) is 13.2 Å². The maximum absolute atomic E-state index is 12.7. The summed E-state index contributed by atoms with van der Waals surface area (Å²) in [6.45, 7) is 3.37. The number of sulfonamides is 1. The molecule has 5 nitrogen and oxygen atoms in total. The maximum atomic E-state index is 12.7. The van der Waals surface area contributed by atoms with Crippen LogP contribution in [-0.2, 0) is 14.8 Å². The van der Waals surface area contributed by atoms with Gasteiger partial charge in [-0.15, -0.1) is 0 Å². The molecule has 0 aliphatic rings. The van der Waals surface area contributed by atoms with Gasteiger partial charge in [0.15, 0.2) is 0 Å². The summed E-state index contributed by atoms with van der Waals surface area (Å²) in [6, 6.07) is 10.0. The number of nitrogens with zero attached hydrogens (tertiary/aromatic N) is 1. The summed E-state index contributed by atoms with van der Waals surface area (Å²) in [5.41, 5.74) is 2.47. The van der Waals surface area contributed by atoms with Crippen LogP contribution >= 0.6 is 23.2 Å². The van der Waals surface area contributed by atoms with Crippen molar-refractivity contribution in [3.05, 3.63) is 57.6 Å². The summed E-state index contributed by atoms with van der Waals surface area (Å²) in [5.74, 6) is -0.452. The zero-order chi connectivity index (χ0) is 18.8. The number of nitrogens with one attached hydrogen (secondary N) is 1. The molecule has 1 N–H and O–H groups in total. The average molecular weight is 401 g/mol. The molecular weight excluding hydrogens is 383 g/mol. The molecule has 0 aliphatic heterocycles. The highest BCUT2D eigenvalue weighted by Crippen LogP contribution is 2.31. The third-order valence-electron chi connectivity index (χ3n) is 3.70. The van der Waals surface area contributed by atoms with Crippen LogP contribution in [0.2, 0.25) is 10.0 Å². The Kier molecular flexibility index (Phi) is 6.11. The van der Waals surface area contributed by atoms with E-state index in [-0.39, 0.29) is 21.5 Å². The van der Waals surface area contributed by atoms with Crippen molar-refractivity contribution in [3.63, 3.8) is 0 Å². The summed E-state index contributed by atoms with van der Waals surface area (Å²) in [7, 11) is -2.69. The topological polar surface area (TPSA) is 66.5 Å². The number of rotatable bonds is 5. The molecule has 0 fully saturated rings. The number of carbonyl (C=O) groups excluding carboxylic acids is 1. The summed E-state index contributed by atoms with van der Waals surface area (Å²) in [6.07, 6.45) is 0. The Hall–Kier alpha value is -1.60. The average Bonchev–Trinajstić information content (AvgIpc) is 2.50. The molecule has 0 saturated carbocycles. The van der Waals surface area contributed by atoms with Gasteiger partial charge in [-0.3, -0.25) is 4.79 Å². The zero-order valence-electron chi connectivity index (χ0n) is 14.0. The smallest absolute Gasteiger partial charge is 0.246 e. The second-order valence-corrected chi connectivity index (χ2v) is 8.42. The van der Waals surface area contributed by atoms with Gasteiger partial charge in [0.25, 0.3) is 0 Å². The highest BCUT2D eigenvalue weighted by atomic mass is 35.5. The standard InChI is InChI=1S/C17H18Cl2N2O3S/c1-11-6-4-7-12(2)16(11)20-15(22)10-21(3)25(23,24)17-13(18)8-5-9-14(17)19/h4-9H,10H2,1-3H3,(H,20,22). The minimum atomic E-state index is -4.00. The number of amides is 1. The third-order valence-corrected chi connectivity index (χ3v) is 6.46. The minimum absolute atomic E-state index is 0.00880. The van der Waals surface area contributed by atoms with Crippen LogP contribution in [0.4, 0.5) is 5.69 Å². The van der Waals surface area contributed by atoms with Crippen molar-refractivity contribution in [2.75, 3.05) is 18.9 Å². The quantitative estimate of drug-likeness (QED) is 0.827. The molecule has 0 atom stereocenters. The Bertz CT molecular complexity index is 874. The first kappa shape index (κ1) is 19.7. The number of hydrogen-bond donors (Lipinski definition) is 1. The molecule has 0 radical (unpaired) electrons. The van der Waals surface area contributed by atoms with Crippen LogP contribution in [0.5, 0.6) is 0 Å². The van der Waals surface area contributed by atoms with Crippen molar-refractivity contribution in [1.29, 1.82) is 0 Å². The summed E-state index contributed by atoms with van der Waals surface area (Å²) in [4.78, 5) is 12.1. The van der Waals surface area contributed by atoms with E-state index in [4.69, 9.17) is 23.2 Å². The van der Waals surface area contributed by atoms with Crippen molar-refractivity contribution >= 4 is 44.8 Å². The van der Waals surface area contributed by atoms with Crippen LogP contribution in [0, 0.1) is 13.8 Å². The van der Waals surface area contributed by atoms with Crippen LogP contribution in [0.1, 0.15) is 11.1 Å². The number of likely N-dealkylation sites (N-methyl/N-ethyl adjacent to an activating group) is 1. The van der Waals surface area contributed by atoms with Gasteiger partial charge in [0, 0.05) is 12.7 Å². The first-order chi connectivity index (χ1) is 11.6. The molecule has 0 spiro atoms. The highest BCUT2D eigenvalue weighted by molar-refractivity contribution is 7.89. The number of anilines is 1. The van der Waals surface area contributed by atoms with E-state index in [2.05, 4.69) is 5.32 Å². The van der Waals surface area contributed by atoms with Crippen molar-refractivity contribution in [3.8, 4) is 0 Å². The van der Waals surface area contributed by atoms with Crippen molar-refractivity contribution in [1.82, 2.24) is 4.31 Å². The van der Waals surface area contributed by atoms with E-state index in [0.717, 1.165) is 15.4 Å². The summed E-state index contributed by atoms with van der Waals surface area (Å²) >= 11 is 12.0. The largest absolute Gasteiger partial charge is 0.324 e. The lowest BCUT2D eigenvalue weighted by atomic mass is 10.1. The maximum Gasteiger partial charge on any atom is 0.246 e. The predicted octanol–water partition coefficient (Wildman–Crippen LogP) is 3.87. The first-order valence-corrected chi connectivity index (χ1v) is 9.60. The molecule has 0 unspecified atom stereocenters. The Morgan fingerprint density at radius 3 is 2.04 bits per heavy atom. The molecular formula is C17H18Cl2N2O3S. The van der Waals surface area contributed by atoms with Gasteiger partial charge in [0.2, 0.25) is 15.9 Å². The second-order valence-electron chi connectivity index (χ2n) is 5.63. The predicted molar refractivity (Wildman–Crippen MR) is 101 cm³/mol. The van der Waals surface area contributed by atoms with Crippen LogP contribution in [0.25, 0.3) is 0 Å². The lowest BCUT2D eigenvalue weighted by Gasteiger charge is -2.19. The molecule has 2 rings (SSSR count). The van der Waals surface area contributed by atoms with Gasteiger partial charge in [0.05, 0.1) is 16.6 Å². The van der Waals surface area contributed by atoms with E-state index in [0.29, 0.717) is 5.69 Å². The van der Waals surface area contributed by atoms with Crippen LogP contribution in [0.3, 0.4) is 0 Å². The van der Waals surface area contributed by atoms with E-state index in [1.54, 1.807) is 6.07 Å². The van der Waals surface area contributed by atoms with Gasteiger partial charge in [-0.25, -0.2) is 8.42 Å². The van der Waals surface area contributed by atoms with Crippen LogP contribution < -0.4 is 5.32 Å². The van der Waals surface area contributed by atoms with Crippen molar-refractivity contribution < 1.29 is 13.2 Å². The number of para-hydroxylation sites is 1. The molecule has 0 bridgehead atoms. The van der Waals surface area contributed by atoms with Gasteiger partial charge < -0.3 is 5.32 Å². The molecule has 25 heavy (non-hydrogen) atoms. The Morgan fingerprint density at radius 1 is 1.04 bits per heavy atom. The number of carbonyl (C=O) groups is 1. The lowest BCUT2D eigenvalue weighted by molar-refractivity contribution is -0.116. The molecule has 2 aromatic rings. The second kappa shape index (κ2) is 7.74. The Balaban J connectivity index is 2.21. The van der Waals surface area contributed by atoms with Gasteiger partial charge in [0.1, 0.15) is 4.90 Å². The number of aryl methyl sites for hydroxylation is 2. The van der Waals surface area contributed by atoms with Crippen molar-refractivity contribution in [2.24, 2.45) is 0 Å². The van der Waals surface area contributed by atoms with Gasteiger partial charge >= 0.3 is 0 Å². The molecule has 1 amide bonds. The molecule has 134 valence electrons. The lowest BCUT2D eigenvalue weighted by Crippen LogP contribution is -2.35. The summed E-state index contributed by atoms with van der Waals surface area (Å²) < 4.78 is 26.3. The molecule has 0 aliphatic carbocycles. The van der Waals surface area contributed by atoms with E-state index in [1.807, 2.05) is 32.0 Å². The Morgan fingerprint density at radius 2 is 1.52 bits per heavy atom. The summed E-state index contributed by atoms with van der Waals surface area (Å²) in [5, 5.41) is 2.77. The van der Waals surface area contributed by atoms with Gasteiger partial charge in [-0.2, -0.15) is 4.31 Å². The normalized spacial score (nSPS) is 11.6. The minimum Gasteiger partial charge on any atom is -0.324 e. The first-order valence-electron chi connectivity index (χ1n) is 7.41.